The largest absolute Gasteiger partial charge is 0.504 e. The number of sulfone groups is 1. The summed E-state index contributed by atoms with van der Waals surface area (Å²) in [5.74, 6) is -0.134. The van der Waals surface area contributed by atoms with Crippen LogP contribution in [0.3, 0.4) is 0 Å². The molecular formula is C18H16ClNO4S. The molecule has 25 heavy (non-hydrogen) atoms. The van der Waals surface area contributed by atoms with Gasteiger partial charge in [-0.15, -0.1) is 0 Å². The maximum absolute atomic E-state index is 12.5. The molecule has 0 amide bonds. The first-order valence-electron chi connectivity index (χ1n) is 7.40. The fourth-order valence-electron chi connectivity index (χ4n) is 2.11. The van der Waals surface area contributed by atoms with E-state index in [1.54, 1.807) is 37.3 Å². The van der Waals surface area contributed by atoms with Crippen molar-refractivity contribution in [1.82, 2.24) is 0 Å². The molecule has 0 bridgehead atoms. The zero-order chi connectivity index (χ0) is 18.4. The number of aromatic hydroxyl groups is 1. The minimum atomic E-state index is -3.82. The Kier molecular flexibility index (Phi) is 6.07. The number of nitrogens with zero attached hydrogens (tertiary/aromatic N) is 1. The zero-order valence-corrected chi connectivity index (χ0v) is 15.0. The average molecular weight is 378 g/mol. The molecule has 2 rings (SSSR count). The first kappa shape index (κ1) is 18.8. The van der Waals surface area contributed by atoms with Gasteiger partial charge in [-0.3, -0.25) is 0 Å². The molecular weight excluding hydrogens is 362 g/mol. The molecule has 5 nitrogen and oxygen atoms in total. The van der Waals surface area contributed by atoms with Gasteiger partial charge in [-0.05, 0) is 48.4 Å². The Balaban J connectivity index is 2.34. The van der Waals surface area contributed by atoms with Gasteiger partial charge in [-0.25, -0.2) is 8.42 Å². The fourth-order valence-corrected chi connectivity index (χ4v) is 3.48. The van der Waals surface area contributed by atoms with Crippen LogP contribution in [-0.4, -0.2) is 20.1 Å². The fraction of sp³-hybridized carbons (Fsp3) is 0.167. The molecule has 2 aromatic carbocycles. The van der Waals surface area contributed by atoms with Crippen LogP contribution in [0.25, 0.3) is 6.08 Å². The van der Waals surface area contributed by atoms with E-state index in [9.17, 15) is 18.8 Å². The van der Waals surface area contributed by atoms with Crippen LogP contribution in [0.1, 0.15) is 18.1 Å². The SMILES string of the molecule is CCOc1cc(/C=C(/C#N)S(=O)(=O)Cc2ccc(Cl)cc2)ccc1O. The molecule has 0 aliphatic rings. The summed E-state index contributed by atoms with van der Waals surface area (Å²) in [4.78, 5) is -0.365. The minimum absolute atomic E-state index is 0.0541. The van der Waals surface area contributed by atoms with Crippen LogP contribution in [0.5, 0.6) is 11.5 Å². The van der Waals surface area contributed by atoms with Crippen molar-refractivity contribution in [2.24, 2.45) is 0 Å². The second kappa shape index (κ2) is 8.06. The molecule has 0 heterocycles. The van der Waals surface area contributed by atoms with Crippen molar-refractivity contribution in [2.75, 3.05) is 6.61 Å². The lowest BCUT2D eigenvalue weighted by Gasteiger charge is -2.07. The third-order valence-electron chi connectivity index (χ3n) is 3.30. The van der Waals surface area contributed by atoms with Crippen LogP contribution in [0.15, 0.2) is 47.4 Å². The van der Waals surface area contributed by atoms with Gasteiger partial charge in [0.15, 0.2) is 21.3 Å². The van der Waals surface area contributed by atoms with Gasteiger partial charge < -0.3 is 9.84 Å². The van der Waals surface area contributed by atoms with Gasteiger partial charge in [0.1, 0.15) is 11.0 Å². The number of phenolic OH excluding ortho intramolecular Hbond substituents is 1. The van der Waals surface area contributed by atoms with Crippen LogP contribution >= 0.6 is 11.6 Å². The van der Waals surface area contributed by atoms with E-state index in [0.29, 0.717) is 22.8 Å². The smallest absolute Gasteiger partial charge is 0.192 e. The molecule has 0 radical (unpaired) electrons. The van der Waals surface area contributed by atoms with Crippen molar-refractivity contribution in [3.05, 3.63) is 63.5 Å². The van der Waals surface area contributed by atoms with E-state index in [-0.39, 0.29) is 22.2 Å². The number of halogens is 1. The molecule has 0 saturated heterocycles. The quantitative estimate of drug-likeness (QED) is 0.771. The van der Waals surface area contributed by atoms with Gasteiger partial charge in [0, 0.05) is 5.02 Å². The molecule has 130 valence electrons. The van der Waals surface area contributed by atoms with Crippen LogP contribution in [0, 0.1) is 11.3 Å². The lowest BCUT2D eigenvalue weighted by atomic mass is 10.2. The highest BCUT2D eigenvalue weighted by molar-refractivity contribution is 7.95. The Morgan fingerprint density at radius 2 is 1.96 bits per heavy atom. The second-order valence-electron chi connectivity index (χ2n) is 5.17. The van der Waals surface area contributed by atoms with Gasteiger partial charge in [0.2, 0.25) is 0 Å². The predicted molar refractivity (Wildman–Crippen MR) is 96.9 cm³/mol. The first-order valence-corrected chi connectivity index (χ1v) is 9.43. The summed E-state index contributed by atoms with van der Waals surface area (Å²) in [6.45, 7) is 2.11. The molecule has 0 fully saturated rings. The summed E-state index contributed by atoms with van der Waals surface area (Å²) in [5, 5.41) is 19.5. The highest BCUT2D eigenvalue weighted by atomic mass is 35.5. The van der Waals surface area contributed by atoms with Gasteiger partial charge >= 0.3 is 0 Å². The van der Waals surface area contributed by atoms with Crippen LogP contribution in [-0.2, 0) is 15.6 Å². The zero-order valence-electron chi connectivity index (χ0n) is 13.4. The molecule has 0 aliphatic carbocycles. The maximum atomic E-state index is 12.5. The summed E-state index contributed by atoms with van der Waals surface area (Å²) in [5.41, 5.74) is 0.976. The lowest BCUT2D eigenvalue weighted by Crippen LogP contribution is -2.06. The first-order chi connectivity index (χ1) is 11.9. The van der Waals surface area contributed by atoms with Crippen molar-refractivity contribution in [3.8, 4) is 17.6 Å². The van der Waals surface area contributed by atoms with E-state index in [1.165, 1.54) is 24.3 Å². The van der Waals surface area contributed by atoms with Gasteiger partial charge in [0.25, 0.3) is 0 Å². The number of benzene rings is 2. The number of nitriles is 1. The van der Waals surface area contributed by atoms with E-state index in [2.05, 4.69) is 0 Å². The van der Waals surface area contributed by atoms with Crippen molar-refractivity contribution in [1.29, 1.82) is 5.26 Å². The summed E-state index contributed by atoms with van der Waals surface area (Å²) >= 11 is 5.79. The van der Waals surface area contributed by atoms with E-state index < -0.39 is 9.84 Å². The van der Waals surface area contributed by atoms with Crippen LogP contribution in [0.2, 0.25) is 5.02 Å². The van der Waals surface area contributed by atoms with Gasteiger partial charge in [-0.1, -0.05) is 29.8 Å². The third kappa shape index (κ3) is 4.99. The molecule has 2 aromatic rings. The Bertz CT molecular complexity index is 929. The number of hydrogen-bond donors (Lipinski definition) is 1. The maximum Gasteiger partial charge on any atom is 0.192 e. The summed E-state index contributed by atoms with van der Waals surface area (Å²) in [7, 11) is -3.82. The normalized spacial score (nSPS) is 11.8. The number of rotatable bonds is 6. The van der Waals surface area contributed by atoms with Crippen molar-refractivity contribution < 1.29 is 18.3 Å². The second-order valence-corrected chi connectivity index (χ2v) is 7.56. The van der Waals surface area contributed by atoms with Gasteiger partial charge in [0.05, 0.1) is 12.4 Å². The summed E-state index contributed by atoms with van der Waals surface area (Å²) < 4.78 is 30.2. The number of allylic oxidation sites excluding steroid dienone is 1. The standard InChI is InChI=1S/C18H16ClNO4S/c1-2-24-18-10-14(5-8-17(18)21)9-16(11-20)25(22,23)12-13-3-6-15(19)7-4-13/h3-10,21H,2,12H2,1H3/b16-9-. The van der Waals surface area contributed by atoms with E-state index in [4.69, 9.17) is 16.3 Å². The molecule has 0 atom stereocenters. The Morgan fingerprint density at radius 1 is 1.28 bits per heavy atom. The van der Waals surface area contributed by atoms with Gasteiger partial charge in [-0.2, -0.15) is 5.26 Å². The van der Waals surface area contributed by atoms with Crippen molar-refractivity contribution in [2.45, 2.75) is 12.7 Å². The molecule has 0 unspecified atom stereocenters. The topological polar surface area (TPSA) is 87.4 Å². The molecule has 1 N–H and O–H groups in total. The molecule has 0 aromatic heterocycles. The highest BCUT2D eigenvalue weighted by Gasteiger charge is 2.19. The molecule has 0 saturated carbocycles. The number of hydrogen-bond acceptors (Lipinski definition) is 5. The average Bonchev–Trinajstić information content (AvgIpc) is 2.57. The summed E-state index contributed by atoms with van der Waals surface area (Å²) in [6, 6.07) is 12.5. The number of phenols is 1. The van der Waals surface area contributed by atoms with E-state index >= 15 is 0 Å². The van der Waals surface area contributed by atoms with Crippen LogP contribution in [0.4, 0.5) is 0 Å². The Labute approximate surface area is 151 Å². The Hall–Kier alpha value is -2.49. The van der Waals surface area contributed by atoms with Crippen molar-refractivity contribution >= 4 is 27.5 Å². The number of ether oxygens (including phenoxy) is 1. The van der Waals surface area contributed by atoms with E-state index in [1.807, 2.05) is 0 Å². The summed E-state index contributed by atoms with van der Waals surface area (Å²) in [6.07, 6.45) is 1.26. The highest BCUT2D eigenvalue weighted by Crippen LogP contribution is 2.28. The lowest BCUT2D eigenvalue weighted by molar-refractivity contribution is 0.318. The van der Waals surface area contributed by atoms with Crippen molar-refractivity contribution in [3.63, 3.8) is 0 Å². The van der Waals surface area contributed by atoms with Crippen LogP contribution < -0.4 is 4.74 Å². The predicted octanol–water partition coefficient (Wildman–Crippen LogP) is 3.92. The van der Waals surface area contributed by atoms with E-state index in [0.717, 1.165) is 0 Å². The third-order valence-corrected chi connectivity index (χ3v) is 5.14. The molecule has 7 heteroatoms. The molecule has 0 spiro atoms. The molecule has 0 aliphatic heterocycles. The minimum Gasteiger partial charge on any atom is -0.504 e. The Morgan fingerprint density at radius 3 is 2.56 bits per heavy atom. The monoisotopic (exact) mass is 377 g/mol.